The van der Waals surface area contributed by atoms with Crippen LogP contribution in [-0.4, -0.2) is 66.4 Å². The number of amides is 2. The normalized spacial score (nSPS) is 16.2. The number of aromatic nitrogens is 1. The summed E-state index contributed by atoms with van der Waals surface area (Å²) in [5.41, 5.74) is 1.72. The van der Waals surface area contributed by atoms with Gasteiger partial charge in [0.1, 0.15) is 0 Å². The van der Waals surface area contributed by atoms with Crippen LogP contribution in [0.4, 0.5) is 0 Å². The summed E-state index contributed by atoms with van der Waals surface area (Å²) < 4.78 is 0. The Kier molecular flexibility index (Phi) is 4.85. The van der Waals surface area contributed by atoms with E-state index >= 15 is 0 Å². The molecule has 2 heterocycles. The van der Waals surface area contributed by atoms with Gasteiger partial charge in [-0.05, 0) is 37.1 Å². The summed E-state index contributed by atoms with van der Waals surface area (Å²) in [4.78, 5) is 31.1. The third-order valence-electron chi connectivity index (χ3n) is 4.60. The number of nitrogens with zero attached hydrogens (tertiary/aromatic N) is 2. The first kappa shape index (κ1) is 16.5. The molecule has 1 aromatic carbocycles. The van der Waals surface area contributed by atoms with E-state index in [0.717, 1.165) is 36.8 Å². The lowest BCUT2D eigenvalue weighted by Gasteiger charge is -2.32. The molecule has 1 aliphatic heterocycles. The Labute approximate surface area is 141 Å². The lowest BCUT2D eigenvalue weighted by molar-refractivity contribution is -0.130. The smallest absolute Gasteiger partial charge is 0.251 e. The highest BCUT2D eigenvalue weighted by molar-refractivity contribution is 5.98. The summed E-state index contributed by atoms with van der Waals surface area (Å²) in [5.74, 6) is 0.0956. The van der Waals surface area contributed by atoms with Gasteiger partial charge in [0.25, 0.3) is 5.91 Å². The molecule has 1 fully saturated rings. The monoisotopic (exact) mass is 328 g/mol. The molecular formula is C18H24N4O2. The fourth-order valence-corrected chi connectivity index (χ4v) is 3.03. The molecule has 1 saturated heterocycles. The molecule has 0 saturated carbocycles. The number of likely N-dealkylation sites (tertiary alicyclic amines) is 1. The molecule has 0 spiro atoms. The van der Waals surface area contributed by atoms with E-state index < -0.39 is 0 Å². The Morgan fingerprint density at radius 3 is 2.71 bits per heavy atom. The molecule has 0 atom stereocenters. The number of likely N-dealkylation sites (N-methyl/N-ethyl adjacent to an activating group) is 1. The predicted octanol–water partition coefficient (Wildman–Crippen LogP) is 1.45. The number of benzene rings is 1. The van der Waals surface area contributed by atoms with E-state index in [2.05, 4.69) is 15.2 Å². The summed E-state index contributed by atoms with van der Waals surface area (Å²) in [6.07, 6.45) is 3.62. The fourth-order valence-electron chi connectivity index (χ4n) is 3.03. The van der Waals surface area contributed by atoms with Gasteiger partial charge in [0, 0.05) is 55.9 Å². The Hall–Kier alpha value is -2.34. The Morgan fingerprint density at radius 2 is 2.00 bits per heavy atom. The number of carbonyl (C=O) groups excluding carboxylic acids is 2. The quantitative estimate of drug-likeness (QED) is 0.893. The van der Waals surface area contributed by atoms with Gasteiger partial charge in [0.2, 0.25) is 5.91 Å². The van der Waals surface area contributed by atoms with Crippen LogP contribution < -0.4 is 5.32 Å². The molecule has 24 heavy (non-hydrogen) atoms. The minimum atomic E-state index is -0.0269. The minimum absolute atomic E-state index is 0.0269. The lowest BCUT2D eigenvalue weighted by Crippen LogP contribution is -2.47. The van der Waals surface area contributed by atoms with Crippen molar-refractivity contribution in [1.29, 1.82) is 0 Å². The van der Waals surface area contributed by atoms with Crippen LogP contribution in [0, 0.1) is 0 Å². The Morgan fingerprint density at radius 1 is 1.25 bits per heavy atom. The molecule has 0 bridgehead atoms. The topological polar surface area (TPSA) is 68.4 Å². The van der Waals surface area contributed by atoms with Gasteiger partial charge < -0.3 is 15.2 Å². The molecule has 6 heteroatoms. The molecular weight excluding hydrogens is 304 g/mol. The zero-order chi connectivity index (χ0) is 17.1. The molecule has 128 valence electrons. The first-order valence-electron chi connectivity index (χ1n) is 8.33. The summed E-state index contributed by atoms with van der Waals surface area (Å²) in [6, 6.07) is 7.82. The van der Waals surface area contributed by atoms with Crippen LogP contribution in [0.2, 0.25) is 0 Å². The van der Waals surface area contributed by atoms with Crippen LogP contribution in [-0.2, 0) is 4.79 Å². The van der Waals surface area contributed by atoms with E-state index in [-0.39, 0.29) is 17.9 Å². The number of aromatic amines is 1. The Bertz CT molecular complexity index is 729. The second-order valence-electron chi connectivity index (χ2n) is 6.59. The maximum absolute atomic E-state index is 12.4. The number of carbonyl (C=O) groups is 2. The van der Waals surface area contributed by atoms with Gasteiger partial charge in [-0.25, -0.2) is 0 Å². The summed E-state index contributed by atoms with van der Waals surface area (Å²) in [7, 11) is 3.55. The first-order chi connectivity index (χ1) is 11.5. The predicted molar refractivity (Wildman–Crippen MR) is 93.9 cm³/mol. The average Bonchev–Trinajstić information content (AvgIpc) is 3.04. The maximum Gasteiger partial charge on any atom is 0.251 e. The fraction of sp³-hybridized carbons (Fsp3) is 0.444. The largest absolute Gasteiger partial charge is 0.361 e. The molecule has 6 nitrogen and oxygen atoms in total. The van der Waals surface area contributed by atoms with Crippen LogP contribution in [0.5, 0.6) is 0 Å². The number of piperidine rings is 1. The van der Waals surface area contributed by atoms with E-state index in [1.807, 2.05) is 30.5 Å². The molecule has 0 unspecified atom stereocenters. The third kappa shape index (κ3) is 3.76. The van der Waals surface area contributed by atoms with Gasteiger partial charge in [-0.3, -0.25) is 14.5 Å². The van der Waals surface area contributed by atoms with Crippen molar-refractivity contribution < 1.29 is 9.59 Å². The molecule has 1 aromatic heterocycles. The second-order valence-corrected chi connectivity index (χ2v) is 6.59. The average molecular weight is 328 g/mol. The molecule has 3 rings (SSSR count). The Balaban J connectivity index is 1.52. The zero-order valence-electron chi connectivity index (χ0n) is 14.2. The highest BCUT2D eigenvalue weighted by Gasteiger charge is 2.23. The van der Waals surface area contributed by atoms with Gasteiger partial charge in [0.05, 0.1) is 6.54 Å². The van der Waals surface area contributed by atoms with Crippen LogP contribution in [0.3, 0.4) is 0 Å². The van der Waals surface area contributed by atoms with Gasteiger partial charge in [-0.1, -0.05) is 0 Å². The second kappa shape index (κ2) is 7.05. The SMILES string of the molecule is CN(C)C(=O)CN1CCC(NC(=O)c2ccc3[nH]ccc3c2)CC1. The number of hydrogen-bond acceptors (Lipinski definition) is 3. The maximum atomic E-state index is 12.4. The summed E-state index contributed by atoms with van der Waals surface area (Å²) in [6.45, 7) is 2.13. The standard InChI is InChI=1S/C18H24N4O2/c1-21(2)17(23)12-22-9-6-15(7-10-22)20-18(24)14-3-4-16-13(11-14)5-8-19-16/h3-5,8,11,15,19H,6-7,9-10,12H2,1-2H3,(H,20,24). The lowest BCUT2D eigenvalue weighted by atomic mass is 10.0. The van der Waals surface area contributed by atoms with E-state index in [0.29, 0.717) is 12.1 Å². The summed E-state index contributed by atoms with van der Waals surface area (Å²) in [5, 5.41) is 4.16. The number of fused-ring (bicyclic) bond motifs is 1. The number of nitrogens with one attached hydrogen (secondary N) is 2. The molecule has 0 radical (unpaired) electrons. The summed E-state index contributed by atoms with van der Waals surface area (Å²) >= 11 is 0. The van der Waals surface area contributed by atoms with Crippen molar-refractivity contribution >= 4 is 22.7 Å². The highest BCUT2D eigenvalue weighted by Crippen LogP contribution is 2.16. The van der Waals surface area contributed by atoms with Crippen molar-refractivity contribution in [2.75, 3.05) is 33.7 Å². The van der Waals surface area contributed by atoms with Gasteiger partial charge in [0.15, 0.2) is 0 Å². The highest BCUT2D eigenvalue weighted by atomic mass is 16.2. The van der Waals surface area contributed by atoms with E-state index in [4.69, 9.17) is 0 Å². The third-order valence-corrected chi connectivity index (χ3v) is 4.60. The van der Waals surface area contributed by atoms with Crippen LogP contribution >= 0.6 is 0 Å². The zero-order valence-corrected chi connectivity index (χ0v) is 14.2. The van der Waals surface area contributed by atoms with Crippen molar-refractivity contribution in [3.8, 4) is 0 Å². The van der Waals surface area contributed by atoms with Gasteiger partial charge >= 0.3 is 0 Å². The van der Waals surface area contributed by atoms with Crippen molar-refractivity contribution in [3.05, 3.63) is 36.0 Å². The van der Waals surface area contributed by atoms with Crippen molar-refractivity contribution in [1.82, 2.24) is 20.1 Å². The van der Waals surface area contributed by atoms with Crippen molar-refractivity contribution in [3.63, 3.8) is 0 Å². The van der Waals surface area contributed by atoms with Gasteiger partial charge in [-0.2, -0.15) is 0 Å². The van der Waals surface area contributed by atoms with Crippen LogP contribution in [0.25, 0.3) is 10.9 Å². The molecule has 2 N–H and O–H groups in total. The molecule has 1 aliphatic rings. The van der Waals surface area contributed by atoms with Gasteiger partial charge in [-0.15, -0.1) is 0 Å². The number of rotatable bonds is 4. The van der Waals surface area contributed by atoms with E-state index in [1.165, 1.54) is 0 Å². The van der Waals surface area contributed by atoms with Crippen molar-refractivity contribution in [2.24, 2.45) is 0 Å². The van der Waals surface area contributed by atoms with E-state index in [1.54, 1.807) is 19.0 Å². The van der Waals surface area contributed by atoms with Crippen LogP contribution in [0.15, 0.2) is 30.5 Å². The van der Waals surface area contributed by atoms with Crippen LogP contribution in [0.1, 0.15) is 23.2 Å². The first-order valence-corrected chi connectivity index (χ1v) is 8.33. The minimum Gasteiger partial charge on any atom is -0.361 e. The van der Waals surface area contributed by atoms with Crippen molar-refractivity contribution in [2.45, 2.75) is 18.9 Å². The number of hydrogen-bond donors (Lipinski definition) is 2. The number of H-pyrrole nitrogens is 1. The van der Waals surface area contributed by atoms with E-state index in [9.17, 15) is 9.59 Å². The molecule has 2 aromatic rings. The molecule has 0 aliphatic carbocycles. The molecule has 2 amide bonds.